The molecule has 0 aromatic heterocycles. The number of amides is 1. The molecule has 4 aromatic carbocycles. The quantitative estimate of drug-likeness (QED) is 0.331. The van der Waals surface area contributed by atoms with Crippen LogP contribution in [0.1, 0.15) is 21.5 Å². The summed E-state index contributed by atoms with van der Waals surface area (Å²) < 4.78 is 5.13. The summed E-state index contributed by atoms with van der Waals surface area (Å²) in [5.41, 5.74) is 8.90. The smallest absolute Gasteiger partial charge is 0.328 e. The zero-order valence-corrected chi connectivity index (χ0v) is 18.5. The third kappa shape index (κ3) is 5.04. The molecule has 2 N–H and O–H groups in total. The molecule has 5 heteroatoms. The van der Waals surface area contributed by atoms with Gasteiger partial charge in [-0.05, 0) is 34.0 Å². The normalized spacial score (nSPS) is 11.7. The molecular formula is C28H26N2O3. The summed E-state index contributed by atoms with van der Waals surface area (Å²) in [5, 5.41) is 1.86. The molecule has 0 bridgehead atoms. The summed E-state index contributed by atoms with van der Waals surface area (Å²) in [6, 6.07) is 29.7. The van der Waals surface area contributed by atoms with Crippen LogP contribution in [-0.2, 0) is 22.5 Å². The third-order valence-corrected chi connectivity index (χ3v) is 5.73. The molecule has 0 fully saturated rings. The van der Waals surface area contributed by atoms with Gasteiger partial charge in [-0.15, -0.1) is 0 Å². The zero-order valence-electron chi connectivity index (χ0n) is 18.5. The number of carbonyl (C=O) groups excluding carboxylic acids is 2. The predicted molar refractivity (Wildman–Crippen MR) is 131 cm³/mol. The Bertz CT molecular complexity index is 1260. The van der Waals surface area contributed by atoms with Gasteiger partial charge in [0.1, 0.15) is 6.04 Å². The molecule has 0 aliphatic heterocycles. The number of rotatable bonds is 7. The number of esters is 1. The van der Waals surface area contributed by atoms with Crippen molar-refractivity contribution >= 4 is 28.3 Å². The van der Waals surface area contributed by atoms with Gasteiger partial charge < -0.3 is 15.4 Å². The molecule has 0 radical (unpaired) electrons. The van der Waals surface area contributed by atoms with Crippen LogP contribution >= 0.6 is 0 Å². The molecule has 1 amide bonds. The van der Waals surface area contributed by atoms with Gasteiger partial charge >= 0.3 is 5.97 Å². The Labute approximate surface area is 193 Å². The van der Waals surface area contributed by atoms with E-state index in [-0.39, 0.29) is 12.5 Å². The van der Waals surface area contributed by atoms with Crippen molar-refractivity contribution in [3.05, 3.63) is 114 Å². The van der Waals surface area contributed by atoms with Crippen LogP contribution in [0.4, 0.5) is 5.69 Å². The largest absolute Gasteiger partial charge is 0.467 e. The zero-order chi connectivity index (χ0) is 23.2. The van der Waals surface area contributed by atoms with E-state index >= 15 is 0 Å². The van der Waals surface area contributed by atoms with E-state index in [0.29, 0.717) is 17.7 Å². The van der Waals surface area contributed by atoms with Crippen molar-refractivity contribution in [2.24, 2.45) is 0 Å². The summed E-state index contributed by atoms with van der Waals surface area (Å²) in [6.45, 7) is 0.249. The van der Waals surface area contributed by atoms with Crippen molar-refractivity contribution < 1.29 is 14.3 Å². The second-order valence-corrected chi connectivity index (χ2v) is 7.93. The van der Waals surface area contributed by atoms with Gasteiger partial charge in [0.15, 0.2) is 0 Å². The van der Waals surface area contributed by atoms with Gasteiger partial charge in [-0.3, -0.25) is 4.79 Å². The first-order valence-corrected chi connectivity index (χ1v) is 10.8. The first kappa shape index (κ1) is 22.1. The molecule has 5 nitrogen and oxygen atoms in total. The van der Waals surface area contributed by atoms with Gasteiger partial charge in [0, 0.05) is 18.7 Å². The van der Waals surface area contributed by atoms with E-state index in [1.165, 1.54) is 7.11 Å². The molecule has 166 valence electrons. The highest BCUT2D eigenvalue weighted by atomic mass is 16.5. The molecule has 0 saturated heterocycles. The lowest BCUT2D eigenvalue weighted by atomic mass is 10.00. The Morgan fingerprint density at radius 1 is 0.818 bits per heavy atom. The molecule has 0 saturated carbocycles. The second kappa shape index (κ2) is 10.0. The van der Waals surface area contributed by atoms with Gasteiger partial charge in [0.25, 0.3) is 5.91 Å². The number of anilines is 1. The molecular weight excluding hydrogens is 412 g/mol. The van der Waals surface area contributed by atoms with Gasteiger partial charge in [-0.2, -0.15) is 0 Å². The number of carbonyl (C=O) groups is 2. The van der Waals surface area contributed by atoms with E-state index < -0.39 is 12.0 Å². The standard InChI is InChI=1S/C28H26N2O3/c1-33-28(32)26(16-20-10-4-2-5-11-20)30(19-21-12-6-3-7-13-21)27(31)24-17-22-14-8-9-15-23(22)18-25(24)29/h2-15,17-18,26H,16,19,29H2,1H3. The fraction of sp³-hybridized carbons (Fsp3) is 0.143. The van der Waals surface area contributed by atoms with Gasteiger partial charge in [-0.1, -0.05) is 84.9 Å². The van der Waals surface area contributed by atoms with Crippen LogP contribution in [-0.4, -0.2) is 29.9 Å². The Morgan fingerprint density at radius 3 is 1.97 bits per heavy atom. The van der Waals surface area contributed by atoms with Gasteiger partial charge in [-0.25, -0.2) is 4.79 Å². The summed E-state index contributed by atoms with van der Waals surface area (Å²) in [7, 11) is 1.34. The number of nitrogens with zero attached hydrogens (tertiary/aromatic N) is 1. The predicted octanol–water partition coefficient (Wildman–Crippen LogP) is 4.85. The fourth-order valence-electron chi connectivity index (χ4n) is 4.00. The van der Waals surface area contributed by atoms with Crippen molar-refractivity contribution in [3.63, 3.8) is 0 Å². The SMILES string of the molecule is COC(=O)C(Cc1ccccc1)N(Cc1ccccc1)C(=O)c1cc2ccccc2cc1N. The Hall–Kier alpha value is -4.12. The maximum absolute atomic E-state index is 13.9. The van der Waals surface area contributed by atoms with Crippen molar-refractivity contribution in [1.29, 1.82) is 0 Å². The van der Waals surface area contributed by atoms with Gasteiger partial charge in [0.05, 0.1) is 12.7 Å². The highest BCUT2D eigenvalue weighted by Gasteiger charge is 2.32. The highest BCUT2D eigenvalue weighted by molar-refractivity contribution is 6.05. The summed E-state index contributed by atoms with van der Waals surface area (Å²) in [5.74, 6) is -0.782. The highest BCUT2D eigenvalue weighted by Crippen LogP contribution is 2.26. The monoisotopic (exact) mass is 438 g/mol. The lowest BCUT2D eigenvalue weighted by Crippen LogP contribution is -2.46. The molecule has 1 atom stereocenters. The van der Waals surface area contributed by atoms with Crippen molar-refractivity contribution in [3.8, 4) is 0 Å². The number of nitrogens with two attached hydrogens (primary N) is 1. The number of methoxy groups -OCH3 is 1. The minimum Gasteiger partial charge on any atom is -0.467 e. The maximum atomic E-state index is 13.9. The first-order chi connectivity index (χ1) is 16.1. The Kier molecular flexibility index (Phi) is 6.69. The Balaban J connectivity index is 1.78. The average molecular weight is 439 g/mol. The van der Waals surface area contributed by atoms with Crippen LogP contribution in [0.3, 0.4) is 0 Å². The van der Waals surface area contributed by atoms with Crippen LogP contribution in [0.5, 0.6) is 0 Å². The topological polar surface area (TPSA) is 72.6 Å². The van der Waals surface area contributed by atoms with Crippen LogP contribution < -0.4 is 5.73 Å². The lowest BCUT2D eigenvalue weighted by molar-refractivity contribution is -0.146. The molecule has 0 aliphatic rings. The molecule has 4 aromatic rings. The average Bonchev–Trinajstić information content (AvgIpc) is 2.86. The molecule has 1 unspecified atom stereocenters. The van der Waals surface area contributed by atoms with E-state index in [4.69, 9.17) is 10.5 Å². The van der Waals surface area contributed by atoms with Crippen molar-refractivity contribution in [2.45, 2.75) is 19.0 Å². The van der Waals surface area contributed by atoms with Crippen LogP contribution in [0.25, 0.3) is 10.8 Å². The van der Waals surface area contributed by atoms with E-state index in [1.54, 1.807) is 17.0 Å². The van der Waals surface area contributed by atoms with E-state index in [1.807, 2.05) is 84.9 Å². The Morgan fingerprint density at radius 2 is 1.36 bits per heavy atom. The number of nitrogen functional groups attached to an aromatic ring is 1. The summed E-state index contributed by atoms with van der Waals surface area (Å²) in [4.78, 5) is 28.4. The van der Waals surface area contributed by atoms with E-state index in [0.717, 1.165) is 21.9 Å². The molecule has 0 heterocycles. The number of benzene rings is 4. The van der Waals surface area contributed by atoms with Gasteiger partial charge in [0.2, 0.25) is 0 Å². The first-order valence-electron chi connectivity index (χ1n) is 10.8. The van der Waals surface area contributed by atoms with E-state index in [2.05, 4.69) is 0 Å². The lowest BCUT2D eigenvalue weighted by Gasteiger charge is -2.31. The van der Waals surface area contributed by atoms with Crippen LogP contribution in [0.15, 0.2) is 97.1 Å². The van der Waals surface area contributed by atoms with Crippen LogP contribution in [0.2, 0.25) is 0 Å². The third-order valence-electron chi connectivity index (χ3n) is 5.73. The van der Waals surface area contributed by atoms with Crippen molar-refractivity contribution in [1.82, 2.24) is 4.90 Å². The minimum atomic E-state index is -0.809. The van der Waals surface area contributed by atoms with Crippen molar-refractivity contribution in [2.75, 3.05) is 12.8 Å². The molecule has 0 spiro atoms. The number of hydrogen-bond donors (Lipinski definition) is 1. The number of hydrogen-bond acceptors (Lipinski definition) is 4. The second-order valence-electron chi connectivity index (χ2n) is 7.93. The molecule has 33 heavy (non-hydrogen) atoms. The molecule has 4 rings (SSSR count). The van der Waals surface area contributed by atoms with Crippen LogP contribution in [0, 0.1) is 0 Å². The molecule has 0 aliphatic carbocycles. The number of ether oxygens (including phenoxy) is 1. The maximum Gasteiger partial charge on any atom is 0.328 e. The number of fused-ring (bicyclic) bond motifs is 1. The fourth-order valence-corrected chi connectivity index (χ4v) is 4.00. The minimum absolute atomic E-state index is 0.249. The summed E-state index contributed by atoms with van der Waals surface area (Å²) >= 11 is 0. The summed E-state index contributed by atoms with van der Waals surface area (Å²) in [6.07, 6.45) is 0.333. The van der Waals surface area contributed by atoms with E-state index in [9.17, 15) is 9.59 Å².